The van der Waals surface area contributed by atoms with Crippen molar-refractivity contribution in [1.82, 2.24) is 9.97 Å². The first-order chi connectivity index (χ1) is 12.6. The number of hydrogen-bond acceptors (Lipinski definition) is 3. The Kier molecular flexibility index (Phi) is 3.89. The third-order valence-corrected chi connectivity index (χ3v) is 4.29. The second kappa shape index (κ2) is 6.37. The fourth-order valence-electron chi connectivity index (χ4n) is 2.92. The van der Waals surface area contributed by atoms with Crippen LogP contribution in [0.3, 0.4) is 0 Å². The molecule has 2 aromatic carbocycles. The van der Waals surface area contributed by atoms with Gasteiger partial charge in [0.1, 0.15) is 5.82 Å². The molecule has 4 nitrogen and oxygen atoms in total. The summed E-state index contributed by atoms with van der Waals surface area (Å²) in [5, 5.41) is 17.6. The van der Waals surface area contributed by atoms with Gasteiger partial charge in [-0.1, -0.05) is 12.1 Å². The van der Waals surface area contributed by atoms with E-state index in [0.29, 0.717) is 11.1 Å². The first kappa shape index (κ1) is 15.9. The monoisotopic (exact) mass is 342 g/mol. The summed E-state index contributed by atoms with van der Waals surface area (Å²) in [5.41, 5.74) is 4.01. The lowest BCUT2D eigenvalue weighted by Gasteiger charge is -2.08. The molecule has 0 aliphatic rings. The molecule has 3 N–H and O–H groups in total. The molecular weight excluding hydrogens is 327 g/mol. The molecule has 0 aliphatic heterocycles. The Morgan fingerprint density at radius 1 is 0.885 bits per heavy atom. The van der Waals surface area contributed by atoms with E-state index in [1.165, 1.54) is 24.3 Å². The highest BCUT2D eigenvalue weighted by Crippen LogP contribution is 2.28. The third-order valence-electron chi connectivity index (χ3n) is 4.29. The van der Waals surface area contributed by atoms with Gasteiger partial charge in [-0.3, -0.25) is 15.8 Å². The van der Waals surface area contributed by atoms with Crippen LogP contribution in [-0.4, -0.2) is 21.4 Å². The van der Waals surface area contributed by atoms with Crippen LogP contribution in [0.15, 0.2) is 73.1 Å². The molecule has 0 saturated carbocycles. The van der Waals surface area contributed by atoms with Gasteiger partial charge in [0.25, 0.3) is 0 Å². The maximum absolute atomic E-state index is 13.1. The molecule has 0 bridgehead atoms. The Balaban J connectivity index is 1.74. The lowest BCUT2D eigenvalue weighted by Crippen LogP contribution is -2.14. The van der Waals surface area contributed by atoms with E-state index in [1.807, 2.05) is 36.5 Å². The van der Waals surface area contributed by atoms with E-state index in [-0.39, 0.29) is 17.2 Å². The van der Waals surface area contributed by atoms with Crippen LogP contribution in [0.25, 0.3) is 22.2 Å². The highest BCUT2D eigenvalue weighted by atomic mass is 19.1. The molecule has 26 heavy (non-hydrogen) atoms. The van der Waals surface area contributed by atoms with Crippen LogP contribution in [0.4, 0.5) is 4.39 Å². The van der Waals surface area contributed by atoms with Crippen molar-refractivity contribution in [2.24, 2.45) is 0 Å². The standard InChI is InChI=1S/C21H15FN4/c22-15-7-4-13(5-8-15)20(23)21(24)14-6-9-19-16(11-14)17(12-26-19)18-3-1-2-10-25-18/h1-12,23-24,26H. The van der Waals surface area contributed by atoms with Gasteiger partial charge in [-0.05, 0) is 48.5 Å². The van der Waals surface area contributed by atoms with Crippen molar-refractivity contribution >= 4 is 22.3 Å². The summed E-state index contributed by atoms with van der Waals surface area (Å²) in [4.78, 5) is 7.60. The summed E-state index contributed by atoms with van der Waals surface area (Å²) in [6.45, 7) is 0. The second-order valence-corrected chi connectivity index (χ2v) is 5.93. The van der Waals surface area contributed by atoms with Gasteiger partial charge in [0.05, 0.1) is 17.1 Å². The molecule has 0 radical (unpaired) electrons. The van der Waals surface area contributed by atoms with Crippen LogP contribution in [0.5, 0.6) is 0 Å². The minimum atomic E-state index is -0.359. The molecule has 2 aromatic heterocycles. The summed E-state index contributed by atoms with van der Waals surface area (Å²) >= 11 is 0. The number of benzene rings is 2. The summed E-state index contributed by atoms with van der Waals surface area (Å²) in [6, 6.07) is 16.9. The molecular formula is C21H15FN4. The number of hydrogen-bond donors (Lipinski definition) is 3. The number of fused-ring (bicyclic) bond motifs is 1. The van der Waals surface area contributed by atoms with Gasteiger partial charge in [-0.15, -0.1) is 0 Å². The SMILES string of the molecule is N=C(C(=N)c1ccc2[nH]cc(-c3ccccn3)c2c1)c1ccc(F)cc1. The van der Waals surface area contributed by atoms with Gasteiger partial charge in [0.15, 0.2) is 0 Å². The van der Waals surface area contributed by atoms with E-state index < -0.39 is 0 Å². The number of halogens is 1. The number of nitrogens with zero attached hydrogens (tertiary/aromatic N) is 1. The maximum Gasteiger partial charge on any atom is 0.123 e. The molecule has 0 aliphatic carbocycles. The molecule has 5 heteroatoms. The normalized spacial score (nSPS) is 10.8. The predicted octanol–water partition coefficient (Wildman–Crippen LogP) is 4.80. The summed E-state index contributed by atoms with van der Waals surface area (Å²) in [7, 11) is 0. The average Bonchev–Trinajstić information content (AvgIpc) is 3.11. The zero-order valence-electron chi connectivity index (χ0n) is 13.8. The van der Waals surface area contributed by atoms with E-state index in [4.69, 9.17) is 10.8 Å². The molecule has 0 atom stereocenters. The van der Waals surface area contributed by atoms with Gasteiger partial charge in [-0.25, -0.2) is 4.39 Å². The Hall–Kier alpha value is -3.60. The molecule has 0 spiro atoms. The number of H-pyrrole nitrogens is 1. The highest BCUT2D eigenvalue weighted by Gasteiger charge is 2.14. The van der Waals surface area contributed by atoms with Crippen LogP contribution in [0.1, 0.15) is 11.1 Å². The van der Waals surface area contributed by atoms with Crippen LogP contribution in [0.2, 0.25) is 0 Å². The van der Waals surface area contributed by atoms with Crippen molar-refractivity contribution in [2.45, 2.75) is 0 Å². The van der Waals surface area contributed by atoms with Crippen molar-refractivity contribution in [1.29, 1.82) is 10.8 Å². The molecule has 4 rings (SSSR count). The minimum absolute atomic E-state index is 0.0549. The second-order valence-electron chi connectivity index (χ2n) is 5.93. The van der Waals surface area contributed by atoms with Crippen molar-refractivity contribution in [3.63, 3.8) is 0 Å². The molecule has 126 valence electrons. The Labute approximate surface area is 149 Å². The zero-order valence-corrected chi connectivity index (χ0v) is 13.8. The first-order valence-electron chi connectivity index (χ1n) is 8.10. The van der Waals surface area contributed by atoms with Crippen LogP contribution >= 0.6 is 0 Å². The van der Waals surface area contributed by atoms with E-state index in [9.17, 15) is 4.39 Å². The Morgan fingerprint density at radius 2 is 1.62 bits per heavy atom. The van der Waals surface area contributed by atoms with Crippen molar-refractivity contribution < 1.29 is 4.39 Å². The molecule has 4 aromatic rings. The van der Waals surface area contributed by atoms with Crippen LogP contribution in [0, 0.1) is 16.6 Å². The number of rotatable bonds is 4. The topological polar surface area (TPSA) is 76.4 Å². The molecule has 0 fully saturated rings. The molecule has 0 saturated heterocycles. The Morgan fingerprint density at radius 3 is 2.35 bits per heavy atom. The molecule has 0 amide bonds. The van der Waals surface area contributed by atoms with E-state index in [1.54, 1.807) is 12.3 Å². The van der Waals surface area contributed by atoms with Crippen molar-refractivity contribution in [2.75, 3.05) is 0 Å². The third kappa shape index (κ3) is 2.80. The van der Waals surface area contributed by atoms with Crippen LogP contribution in [-0.2, 0) is 0 Å². The smallest absolute Gasteiger partial charge is 0.123 e. The highest BCUT2D eigenvalue weighted by molar-refractivity contribution is 6.51. The molecule has 0 unspecified atom stereocenters. The quantitative estimate of drug-likeness (QED) is 0.458. The number of nitrogens with one attached hydrogen (secondary N) is 3. The summed E-state index contributed by atoms with van der Waals surface area (Å²) in [5.74, 6) is -0.359. The first-order valence-corrected chi connectivity index (χ1v) is 8.10. The van der Waals surface area contributed by atoms with E-state index >= 15 is 0 Å². The van der Waals surface area contributed by atoms with Gasteiger partial charge in [0.2, 0.25) is 0 Å². The van der Waals surface area contributed by atoms with E-state index in [2.05, 4.69) is 9.97 Å². The number of aromatic nitrogens is 2. The van der Waals surface area contributed by atoms with Gasteiger partial charge in [0, 0.05) is 40.0 Å². The predicted molar refractivity (Wildman–Crippen MR) is 102 cm³/mol. The maximum atomic E-state index is 13.1. The Bertz CT molecular complexity index is 1110. The fraction of sp³-hybridized carbons (Fsp3) is 0. The van der Waals surface area contributed by atoms with Crippen molar-refractivity contribution in [3.05, 3.63) is 90.0 Å². The zero-order chi connectivity index (χ0) is 18.1. The fourth-order valence-corrected chi connectivity index (χ4v) is 2.92. The van der Waals surface area contributed by atoms with Gasteiger partial charge in [-0.2, -0.15) is 0 Å². The number of aromatic amines is 1. The van der Waals surface area contributed by atoms with E-state index in [0.717, 1.165) is 22.2 Å². The van der Waals surface area contributed by atoms with Gasteiger partial charge < -0.3 is 4.98 Å². The molecule has 2 heterocycles. The number of pyridine rings is 1. The van der Waals surface area contributed by atoms with Gasteiger partial charge >= 0.3 is 0 Å². The minimum Gasteiger partial charge on any atom is -0.360 e. The summed E-state index contributed by atoms with van der Waals surface area (Å²) in [6.07, 6.45) is 3.63. The summed E-state index contributed by atoms with van der Waals surface area (Å²) < 4.78 is 13.1. The average molecular weight is 342 g/mol. The largest absolute Gasteiger partial charge is 0.360 e. The van der Waals surface area contributed by atoms with Crippen LogP contribution < -0.4 is 0 Å². The lowest BCUT2D eigenvalue weighted by molar-refractivity contribution is 0.628. The van der Waals surface area contributed by atoms with Crippen molar-refractivity contribution in [3.8, 4) is 11.3 Å². The lowest BCUT2D eigenvalue weighted by atomic mass is 9.98.